The topological polar surface area (TPSA) is 94.2 Å². The zero-order chi connectivity index (χ0) is 20.4. The van der Waals surface area contributed by atoms with Gasteiger partial charge in [0.1, 0.15) is 6.54 Å². The third-order valence-corrected chi connectivity index (χ3v) is 4.80. The van der Waals surface area contributed by atoms with Crippen molar-refractivity contribution in [2.24, 2.45) is 5.73 Å². The van der Waals surface area contributed by atoms with Crippen LogP contribution in [0.5, 0.6) is 0 Å². The summed E-state index contributed by atoms with van der Waals surface area (Å²) in [6.45, 7) is 0.0599. The third kappa shape index (κ3) is 3.73. The van der Waals surface area contributed by atoms with E-state index in [4.69, 9.17) is 5.73 Å². The standard InChI is InChI=1S/C23H19N3O3/c24-21(27)13-15-9-11-16(12-10-15)25-22(28)14-26-19-7-3-1-5-17(19)23(29)18-6-2-4-8-20(18)26/h1-12H,13-14H2,(H2,24,27)(H,25,28). The van der Waals surface area contributed by atoms with Crippen molar-refractivity contribution in [2.45, 2.75) is 13.0 Å². The maximum absolute atomic E-state index is 12.8. The van der Waals surface area contributed by atoms with Gasteiger partial charge < -0.3 is 15.6 Å². The van der Waals surface area contributed by atoms with Crippen LogP contribution in [0.15, 0.2) is 77.6 Å². The van der Waals surface area contributed by atoms with E-state index in [9.17, 15) is 14.4 Å². The Morgan fingerprint density at radius 1 is 0.828 bits per heavy atom. The van der Waals surface area contributed by atoms with Crippen molar-refractivity contribution in [2.75, 3.05) is 5.32 Å². The number of carbonyl (C=O) groups is 2. The molecule has 4 rings (SSSR count). The lowest BCUT2D eigenvalue weighted by Gasteiger charge is -2.15. The Bertz CT molecular complexity index is 1230. The number of nitrogens with zero attached hydrogens (tertiary/aromatic N) is 1. The van der Waals surface area contributed by atoms with E-state index in [1.54, 1.807) is 36.4 Å². The van der Waals surface area contributed by atoms with Gasteiger partial charge in [-0.25, -0.2) is 0 Å². The second kappa shape index (κ2) is 7.59. The molecule has 0 aliphatic rings. The molecular weight excluding hydrogens is 366 g/mol. The van der Waals surface area contributed by atoms with E-state index in [1.165, 1.54) is 0 Å². The number of para-hydroxylation sites is 2. The van der Waals surface area contributed by atoms with Crippen LogP contribution in [0.4, 0.5) is 5.69 Å². The molecule has 29 heavy (non-hydrogen) atoms. The summed E-state index contributed by atoms with van der Waals surface area (Å²) in [6.07, 6.45) is 0.156. The number of carbonyl (C=O) groups excluding carboxylic acids is 2. The number of hydrogen-bond donors (Lipinski definition) is 2. The van der Waals surface area contributed by atoms with E-state index in [0.717, 1.165) is 5.56 Å². The molecule has 0 atom stereocenters. The molecule has 0 fully saturated rings. The second-order valence-electron chi connectivity index (χ2n) is 6.84. The minimum absolute atomic E-state index is 0.0436. The first-order valence-electron chi connectivity index (χ1n) is 9.20. The fourth-order valence-electron chi connectivity index (χ4n) is 3.50. The van der Waals surface area contributed by atoms with Crippen LogP contribution in [-0.2, 0) is 22.6 Å². The number of primary amides is 1. The summed E-state index contributed by atoms with van der Waals surface area (Å²) in [5.41, 5.74) is 7.98. The maximum atomic E-state index is 12.8. The van der Waals surface area contributed by atoms with Crippen LogP contribution in [0.2, 0.25) is 0 Å². The molecule has 0 saturated carbocycles. The summed E-state index contributed by atoms with van der Waals surface area (Å²) in [6, 6.07) is 21.5. The van der Waals surface area contributed by atoms with E-state index in [1.807, 2.05) is 41.0 Å². The first-order valence-corrected chi connectivity index (χ1v) is 9.20. The van der Waals surface area contributed by atoms with E-state index in [-0.39, 0.29) is 24.3 Å². The van der Waals surface area contributed by atoms with E-state index in [2.05, 4.69) is 5.32 Å². The van der Waals surface area contributed by atoms with Crippen molar-refractivity contribution in [3.8, 4) is 0 Å². The van der Waals surface area contributed by atoms with E-state index < -0.39 is 5.91 Å². The molecule has 2 amide bonds. The number of fused-ring (bicyclic) bond motifs is 2. The highest BCUT2D eigenvalue weighted by atomic mass is 16.2. The maximum Gasteiger partial charge on any atom is 0.244 e. The minimum Gasteiger partial charge on any atom is -0.369 e. The monoisotopic (exact) mass is 385 g/mol. The molecule has 0 aliphatic heterocycles. The van der Waals surface area contributed by atoms with Crippen molar-refractivity contribution in [3.63, 3.8) is 0 Å². The number of hydrogen-bond acceptors (Lipinski definition) is 3. The molecule has 0 unspecified atom stereocenters. The summed E-state index contributed by atoms with van der Waals surface area (Å²) in [7, 11) is 0. The molecular formula is C23H19N3O3. The Hall–Kier alpha value is -3.93. The summed E-state index contributed by atoms with van der Waals surface area (Å²) in [5.74, 6) is -0.620. The molecule has 0 bridgehead atoms. The molecule has 3 aromatic carbocycles. The van der Waals surface area contributed by atoms with Crippen molar-refractivity contribution >= 4 is 39.3 Å². The average Bonchev–Trinajstić information content (AvgIpc) is 2.72. The van der Waals surface area contributed by atoms with Crippen LogP contribution in [0.3, 0.4) is 0 Å². The molecule has 6 heteroatoms. The predicted octanol–water partition coefficient (Wildman–Crippen LogP) is 2.82. The third-order valence-electron chi connectivity index (χ3n) is 4.80. The van der Waals surface area contributed by atoms with Gasteiger partial charge in [-0.05, 0) is 42.0 Å². The van der Waals surface area contributed by atoms with Crippen LogP contribution in [0, 0.1) is 0 Å². The van der Waals surface area contributed by atoms with Gasteiger partial charge in [0.05, 0.1) is 17.5 Å². The first-order chi connectivity index (χ1) is 14.0. The number of amides is 2. The second-order valence-corrected chi connectivity index (χ2v) is 6.84. The Kier molecular flexibility index (Phi) is 4.83. The number of rotatable bonds is 5. The zero-order valence-corrected chi connectivity index (χ0v) is 15.6. The SMILES string of the molecule is NC(=O)Cc1ccc(NC(=O)Cn2c3ccccc3c(=O)c3ccccc32)cc1. The van der Waals surface area contributed by atoms with Gasteiger partial charge in [-0.1, -0.05) is 36.4 Å². The molecule has 0 aliphatic carbocycles. The smallest absolute Gasteiger partial charge is 0.244 e. The Morgan fingerprint density at radius 3 is 1.93 bits per heavy atom. The van der Waals surface area contributed by atoms with Crippen LogP contribution >= 0.6 is 0 Å². The van der Waals surface area contributed by atoms with Crippen LogP contribution in [-0.4, -0.2) is 16.4 Å². The van der Waals surface area contributed by atoms with Gasteiger partial charge >= 0.3 is 0 Å². The average molecular weight is 385 g/mol. The van der Waals surface area contributed by atoms with Crippen molar-refractivity contribution in [1.29, 1.82) is 0 Å². The Morgan fingerprint density at radius 2 is 1.38 bits per heavy atom. The summed E-state index contributed by atoms with van der Waals surface area (Å²) in [4.78, 5) is 36.5. The van der Waals surface area contributed by atoms with Crippen molar-refractivity contribution < 1.29 is 9.59 Å². The fraction of sp³-hybridized carbons (Fsp3) is 0.0870. The van der Waals surface area contributed by atoms with Crippen LogP contribution in [0.25, 0.3) is 21.8 Å². The van der Waals surface area contributed by atoms with Gasteiger partial charge in [0.2, 0.25) is 11.8 Å². The molecule has 144 valence electrons. The summed E-state index contributed by atoms with van der Waals surface area (Å²) >= 11 is 0. The van der Waals surface area contributed by atoms with Crippen molar-refractivity contribution in [3.05, 3.63) is 88.6 Å². The number of nitrogens with one attached hydrogen (secondary N) is 1. The lowest BCUT2D eigenvalue weighted by atomic mass is 10.1. The summed E-state index contributed by atoms with van der Waals surface area (Å²) < 4.78 is 1.85. The number of benzene rings is 3. The molecule has 1 heterocycles. The Balaban J connectivity index is 1.66. The van der Waals surface area contributed by atoms with Gasteiger partial charge in [-0.2, -0.15) is 0 Å². The van der Waals surface area contributed by atoms with Gasteiger partial charge in [-0.3, -0.25) is 14.4 Å². The fourth-order valence-corrected chi connectivity index (χ4v) is 3.50. The lowest BCUT2D eigenvalue weighted by Crippen LogP contribution is -2.21. The van der Waals surface area contributed by atoms with Crippen LogP contribution < -0.4 is 16.5 Å². The molecule has 1 aromatic heterocycles. The van der Waals surface area contributed by atoms with Crippen molar-refractivity contribution in [1.82, 2.24) is 4.57 Å². The number of nitrogens with two attached hydrogens (primary N) is 1. The number of anilines is 1. The molecule has 4 aromatic rings. The predicted molar refractivity (Wildman–Crippen MR) is 114 cm³/mol. The molecule has 0 spiro atoms. The zero-order valence-electron chi connectivity index (χ0n) is 15.6. The first kappa shape index (κ1) is 18.4. The highest BCUT2D eigenvalue weighted by Gasteiger charge is 2.13. The minimum atomic E-state index is -0.404. The Labute approximate surface area is 166 Å². The number of aromatic nitrogens is 1. The van der Waals surface area contributed by atoms with Gasteiger partial charge in [0, 0.05) is 16.5 Å². The van der Waals surface area contributed by atoms with Gasteiger partial charge in [0.15, 0.2) is 5.43 Å². The van der Waals surface area contributed by atoms with E-state index >= 15 is 0 Å². The van der Waals surface area contributed by atoms with Gasteiger partial charge in [-0.15, -0.1) is 0 Å². The lowest BCUT2D eigenvalue weighted by molar-refractivity contribution is -0.117. The molecule has 3 N–H and O–H groups in total. The van der Waals surface area contributed by atoms with E-state index in [0.29, 0.717) is 27.5 Å². The molecule has 6 nitrogen and oxygen atoms in total. The summed E-state index contributed by atoms with van der Waals surface area (Å²) in [5, 5.41) is 4.02. The quantitative estimate of drug-likeness (QED) is 0.517. The normalized spacial score (nSPS) is 10.9. The van der Waals surface area contributed by atoms with Gasteiger partial charge in [0.25, 0.3) is 0 Å². The molecule has 0 radical (unpaired) electrons. The number of pyridine rings is 1. The largest absolute Gasteiger partial charge is 0.369 e. The molecule has 0 saturated heterocycles. The highest BCUT2D eigenvalue weighted by molar-refractivity contribution is 5.97. The van der Waals surface area contributed by atoms with Crippen LogP contribution in [0.1, 0.15) is 5.56 Å². The highest BCUT2D eigenvalue weighted by Crippen LogP contribution is 2.19.